The van der Waals surface area contributed by atoms with E-state index in [0.29, 0.717) is 30.0 Å². The van der Waals surface area contributed by atoms with Gasteiger partial charge in [0, 0.05) is 25.1 Å². The average Bonchev–Trinajstić information content (AvgIpc) is 3.18. The Morgan fingerprint density at radius 2 is 1.90 bits per heavy atom. The second-order valence-corrected chi connectivity index (χ2v) is 9.08. The lowest BCUT2D eigenvalue weighted by Crippen LogP contribution is -2.38. The van der Waals surface area contributed by atoms with Gasteiger partial charge in [0.2, 0.25) is 0 Å². The van der Waals surface area contributed by atoms with Crippen LogP contribution < -0.4 is 5.43 Å². The lowest BCUT2D eigenvalue weighted by atomic mass is 9.97. The van der Waals surface area contributed by atoms with E-state index in [1.165, 1.54) is 10.8 Å². The number of nitrogens with zero attached hydrogens (tertiary/aromatic N) is 2. The molecule has 3 heterocycles. The standard InChI is InChI=1S/C24H22N2O3S/c1-14-11-15(2)22-17(12-14)19(27)13-20(29-22)24(28)26-9-7-16(8-10-26)23-25-18-5-3-4-6-21(18)30-23/h3-6,11-13,16H,7-10H2,1-2H3. The van der Waals surface area contributed by atoms with Crippen molar-refractivity contribution in [2.75, 3.05) is 13.1 Å². The number of hydrogen-bond acceptors (Lipinski definition) is 5. The molecule has 0 unspecified atom stereocenters. The maximum Gasteiger partial charge on any atom is 0.289 e. The van der Waals surface area contributed by atoms with Crippen molar-refractivity contribution in [2.24, 2.45) is 0 Å². The van der Waals surface area contributed by atoms with Gasteiger partial charge in [-0.1, -0.05) is 18.2 Å². The number of rotatable bonds is 2. The van der Waals surface area contributed by atoms with E-state index in [1.54, 1.807) is 16.2 Å². The van der Waals surface area contributed by atoms with Crippen molar-refractivity contribution in [3.05, 3.63) is 74.6 Å². The molecule has 0 saturated carbocycles. The highest BCUT2D eigenvalue weighted by Crippen LogP contribution is 2.34. The molecule has 0 atom stereocenters. The molecule has 1 aliphatic rings. The van der Waals surface area contributed by atoms with Gasteiger partial charge in [0.05, 0.1) is 20.6 Å². The predicted octanol–water partition coefficient (Wildman–Crippen LogP) is 5.04. The number of amides is 1. The van der Waals surface area contributed by atoms with Gasteiger partial charge in [0.1, 0.15) is 5.58 Å². The number of para-hydroxylation sites is 1. The van der Waals surface area contributed by atoms with E-state index in [-0.39, 0.29) is 17.1 Å². The molecule has 152 valence electrons. The molecule has 5 nitrogen and oxygen atoms in total. The van der Waals surface area contributed by atoms with Crippen LogP contribution in [0.5, 0.6) is 0 Å². The zero-order valence-corrected chi connectivity index (χ0v) is 17.8. The second-order valence-electron chi connectivity index (χ2n) is 8.02. The van der Waals surface area contributed by atoms with Gasteiger partial charge >= 0.3 is 0 Å². The first-order valence-corrected chi connectivity index (χ1v) is 11.0. The van der Waals surface area contributed by atoms with Crippen LogP contribution in [0.15, 0.2) is 51.7 Å². The molecule has 0 N–H and O–H groups in total. The smallest absolute Gasteiger partial charge is 0.289 e. The van der Waals surface area contributed by atoms with Crippen molar-refractivity contribution in [1.29, 1.82) is 0 Å². The average molecular weight is 419 g/mol. The van der Waals surface area contributed by atoms with E-state index in [9.17, 15) is 9.59 Å². The van der Waals surface area contributed by atoms with E-state index in [0.717, 1.165) is 34.5 Å². The van der Waals surface area contributed by atoms with Crippen molar-refractivity contribution in [2.45, 2.75) is 32.6 Å². The lowest BCUT2D eigenvalue weighted by molar-refractivity contribution is 0.0681. The molecule has 2 aromatic heterocycles. The van der Waals surface area contributed by atoms with Crippen molar-refractivity contribution < 1.29 is 9.21 Å². The van der Waals surface area contributed by atoms with Crippen LogP contribution in [0, 0.1) is 13.8 Å². The summed E-state index contributed by atoms with van der Waals surface area (Å²) in [6.45, 7) is 5.11. The maximum atomic E-state index is 13.0. The molecule has 1 saturated heterocycles. The molecule has 30 heavy (non-hydrogen) atoms. The van der Waals surface area contributed by atoms with Crippen molar-refractivity contribution in [3.63, 3.8) is 0 Å². The summed E-state index contributed by atoms with van der Waals surface area (Å²) in [6, 6.07) is 13.3. The quantitative estimate of drug-likeness (QED) is 0.458. The van der Waals surface area contributed by atoms with Gasteiger partial charge in [-0.2, -0.15) is 0 Å². The third-order valence-corrected chi connectivity index (χ3v) is 7.01. The van der Waals surface area contributed by atoms with Gasteiger partial charge in [-0.05, 0) is 56.0 Å². The lowest BCUT2D eigenvalue weighted by Gasteiger charge is -2.30. The number of likely N-dealkylation sites (tertiary alicyclic amines) is 1. The number of carbonyl (C=O) groups is 1. The van der Waals surface area contributed by atoms with Crippen LogP contribution >= 0.6 is 11.3 Å². The highest BCUT2D eigenvalue weighted by Gasteiger charge is 2.28. The normalized spacial score (nSPS) is 15.2. The third-order valence-electron chi connectivity index (χ3n) is 5.81. The Kier molecular flexibility index (Phi) is 4.66. The monoisotopic (exact) mass is 418 g/mol. The summed E-state index contributed by atoms with van der Waals surface area (Å²) in [4.78, 5) is 32.2. The fourth-order valence-corrected chi connectivity index (χ4v) is 5.40. The number of carbonyl (C=O) groups excluding carboxylic acids is 1. The molecule has 0 bridgehead atoms. The fourth-order valence-electron chi connectivity index (χ4n) is 4.26. The summed E-state index contributed by atoms with van der Waals surface area (Å²) in [5.41, 5.74) is 3.24. The largest absolute Gasteiger partial charge is 0.450 e. The molecule has 0 spiro atoms. The predicted molar refractivity (Wildman–Crippen MR) is 119 cm³/mol. The Labute approximate surface area is 178 Å². The number of benzene rings is 2. The van der Waals surface area contributed by atoms with Crippen molar-refractivity contribution >= 4 is 38.4 Å². The first kappa shape index (κ1) is 19.0. The molecular weight excluding hydrogens is 396 g/mol. The van der Waals surface area contributed by atoms with Gasteiger partial charge in [0.15, 0.2) is 11.2 Å². The first-order chi connectivity index (χ1) is 14.5. The molecule has 6 heteroatoms. The number of hydrogen-bond donors (Lipinski definition) is 0. The van der Waals surface area contributed by atoms with E-state index in [2.05, 4.69) is 6.07 Å². The maximum absolute atomic E-state index is 13.0. The van der Waals surface area contributed by atoms with Gasteiger partial charge in [-0.3, -0.25) is 9.59 Å². The van der Waals surface area contributed by atoms with Gasteiger partial charge in [-0.25, -0.2) is 4.98 Å². The van der Waals surface area contributed by atoms with Crippen LogP contribution in [0.2, 0.25) is 0 Å². The Bertz CT molecular complexity index is 1300. The highest BCUT2D eigenvalue weighted by atomic mass is 32.1. The molecule has 4 aromatic rings. The summed E-state index contributed by atoms with van der Waals surface area (Å²) in [6.07, 6.45) is 1.73. The number of aryl methyl sites for hydroxylation is 2. The topological polar surface area (TPSA) is 63.4 Å². The molecule has 1 fully saturated rings. The molecule has 2 aromatic carbocycles. The van der Waals surface area contributed by atoms with Crippen molar-refractivity contribution in [1.82, 2.24) is 9.88 Å². The number of thiazole rings is 1. The zero-order valence-electron chi connectivity index (χ0n) is 17.0. The summed E-state index contributed by atoms with van der Waals surface area (Å²) in [7, 11) is 0. The minimum Gasteiger partial charge on any atom is -0.450 e. The van der Waals surface area contributed by atoms with Crippen LogP contribution in [0.4, 0.5) is 0 Å². The van der Waals surface area contributed by atoms with Gasteiger partial charge < -0.3 is 9.32 Å². The fraction of sp³-hybridized carbons (Fsp3) is 0.292. The molecule has 0 radical (unpaired) electrons. The van der Waals surface area contributed by atoms with Gasteiger partial charge in [0.25, 0.3) is 5.91 Å². The highest BCUT2D eigenvalue weighted by molar-refractivity contribution is 7.18. The Morgan fingerprint density at radius 3 is 2.67 bits per heavy atom. The number of fused-ring (bicyclic) bond motifs is 2. The third kappa shape index (κ3) is 3.31. The van der Waals surface area contributed by atoms with Crippen molar-refractivity contribution in [3.8, 4) is 0 Å². The summed E-state index contributed by atoms with van der Waals surface area (Å²) >= 11 is 1.74. The van der Waals surface area contributed by atoms with Crippen LogP contribution in [0.3, 0.4) is 0 Å². The first-order valence-electron chi connectivity index (χ1n) is 10.2. The number of piperidine rings is 1. The van der Waals surface area contributed by atoms with E-state index >= 15 is 0 Å². The van der Waals surface area contributed by atoms with Gasteiger partial charge in [-0.15, -0.1) is 11.3 Å². The van der Waals surface area contributed by atoms with Crippen LogP contribution in [0.25, 0.3) is 21.2 Å². The summed E-state index contributed by atoms with van der Waals surface area (Å²) < 4.78 is 7.10. The SMILES string of the molecule is Cc1cc(C)c2oc(C(=O)N3CCC(c4nc5ccccc5s4)CC3)cc(=O)c2c1. The Hall–Kier alpha value is -2.99. The van der Waals surface area contributed by atoms with E-state index < -0.39 is 0 Å². The van der Waals surface area contributed by atoms with Crippen LogP contribution in [-0.4, -0.2) is 28.9 Å². The van der Waals surface area contributed by atoms with Crippen LogP contribution in [0.1, 0.15) is 45.4 Å². The molecular formula is C24H22N2O3S. The minimum atomic E-state index is -0.211. The molecule has 0 aliphatic carbocycles. The Morgan fingerprint density at radius 1 is 1.13 bits per heavy atom. The molecule has 1 amide bonds. The van der Waals surface area contributed by atoms with Crippen LogP contribution in [-0.2, 0) is 0 Å². The van der Waals surface area contributed by atoms with E-state index in [1.807, 2.05) is 44.2 Å². The summed E-state index contributed by atoms with van der Waals surface area (Å²) in [5, 5.41) is 1.67. The summed E-state index contributed by atoms with van der Waals surface area (Å²) in [5.74, 6) is 0.273. The molecule has 5 rings (SSSR count). The second kappa shape index (κ2) is 7.36. The number of aromatic nitrogens is 1. The minimum absolute atomic E-state index is 0.123. The Balaban J connectivity index is 1.36. The molecule has 1 aliphatic heterocycles. The van der Waals surface area contributed by atoms with E-state index in [4.69, 9.17) is 9.40 Å². The zero-order chi connectivity index (χ0) is 20.8.